The first-order valence-corrected chi connectivity index (χ1v) is 10.2. The normalized spacial score (nSPS) is 11.0. The zero-order chi connectivity index (χ0) is 17.9. The second-order valence-corrected chi connectivity index (χ2v) is 8.35. The number of ether oxygens (including phenoxy) is 1. The van der Waals surface area contributed by atoms with Gasteiger partial charge in [-0.1, -0.05) is 42.5 Å². The average molecular weight is 369 g/mol. The molecule has 3 aromatic rings. The molecule has 0 unspecified atom stereocenters. The fourth-order valence-electron chi connectivity index (χ4n) is 2.36. The maximum atomic E-state index is 11.5. The van der Waals surface area contributed by atoms with Crippen LogP contribution in [-0.4, -0.2) is 14.7 Å². The van der Waals surface area contributed by atoms with Gasteiger partial charge in [0.2, 0.25) is 0 Å². The molecule has 6 heteroatoms. The molecule has 0 N–H and O–H groups in total. The van der Waals surface area contributed by atoms with Crippen LogP contribution in [-0.2, 0) is 16.4 Å². The highest BCUT2D eigenvalue weighted by Gasteiger charge is 2.14. The fourth-order valence-corrected chi connectivity index (χ4v) is 3.87. The first-order chi connectivity index (χ1) is 12.0. The Morgan fingerprint density at radius 3 is 2.36 bits per heavy atom. The highest BCUT2D eigenvalue weighted by molar-refractivity contribution is 7.90. The van der Waals surface area contributed by atoms with Gasteiger partial charge in [-0.2, -0.15) is 5.26 Å². The summed E-state index contributed by atoms with van der Waals surface area (Å²) in [5.74, 6) is 0. The lowest BCUT2D eigenvalue weighted by Crippen LogP contribution is -1.99. The molecule has 2 aromatic carbocycles. The van der Waals surface area contributed by atoms with Crippen molar-refractivity contribution in [3.8, 4) is 22.3 Å². The van der Waals surface area contributed by atoms with Gasteiger partial charge in [-0.15, -0.1) is 11.3 Å². The van der Waals surface area contributed by atoms with E-state index in [1.165, 1.54) is 17.6 Å². The molecular formula is C19H15NO3S2. The molecule has 0 aliphatic rings. The minimum absolute atomic E-state index is 0.271. The Bertz CT molecular complexity index is 1010. The molecule has 3 rings (SSSR count). The van der Waals surface area contributed by atoms with Gasteiger partial charge >= 0.3 is 0 Å². The van der Waals surface area contributed by atoms with E-state index in [-0.39, 0.29) is 11.5 Å². The van der Waals surface area contributed by atoms with E-state index in [1.807, 2.05) is 35.7 Å². The van der Waals surface area contributed by atoms with Crippen LogP contribution in [0.5, 0.6) is 5.06 Å². The Morgan fingerprint density at radius 2 is 1.76 bits per heavy atom. The lowest BCUT2D eigenvalue weighted by molar-refractivity contribution is 0.315. The number of rotatable bonds is 5. The van der Waals surface area contributed by atoms with Gasteiger partial charge in [-0.05, 0) is 23.3 Å². The molecule has 0 saturated heterocycles. The number of benzene rings is 2. The molecule has 4 nitrogen and oxygen atoms in total. The minimum Gasteiger partial charge on any atom is -0.478 e. The first-order valence-electron chi connectivity index (χ1n) is 7.48. The van der Waals surface area contributed by atoms with E-state index in [0.29, 0.717) is 10.6 Å². The summed E-state index contributed by atoms with van der Waals surface area (Å²) >= 11 is 1.38. The first kappa shape index (κ1) is 17.2. The Hall–Kier alpha value is -2.62. The number of sulfone groups is 1. The Morgan fingerprint density at radius 1 is 1.08 bits per heavy atom. The van der Waals surface area contributed by atoms with Crippen molar-refractivity contribution in [1.82, 2.24) is 0 Å². The summed E-state index contributed by atoms with van der Waals surface area (Å²) < 4.78 is 28.7. The van der Waals surface area contributed by atoms with Crippen LogP contribution in [0.15, 0.2) is 64.9 Å². The van der Waals surface area contributed by atoms with E-state index in [1.54, 1.807) is 24.3 Å². The predicted octanol–water partition coefficient (Wildman–Crippen LogP) is 4.27. The quantitative estimate of drug-likeness (QED) is 0.673. The van der Waals surface area contributed by atoms with Crippen LogP contribution in [0.1, 0.15) is 11.1 Å². The zero-order valence-corrected chi connectivity index (χ0v) is 15.1. The van der Waals surface area contributed by atoms with Crippen molar-refractivity contribution >= 4 is 21.2 Å². The van der Waals surface area contributed by atoms with Gasteiger partial charge in [0.25, 0.3) is 0 Å². The molecule has 0 radical (unpaired) electrons. The van der Waals surface area contributed by atoms with Crippen LogP contribution in [0.3, 0.4) is 0 Å². The minimum atomic E-state index is -3.21. The smallest absolute Gasteiger partial charge is 0.192 e. The van der Waals surface area contributed by atoms with Crippen LogP contribution in [0.4, 0.5) is 0 Å². The molecule has 0 aliphatic carbocycles. The fraction of sp³-hybridized carbons (Fsp3) is 0.105. The van der Waals surface area contributed by atoms with Crippen molar-refractivity contribution < 1.29 is 13.2 Å². The number of hydrogen-bond acceptors (Lipinski definition) is 5. The van der Waals surface area contributed by atoms with Crippen molar-refractivity contribution in [2.24, 2.45) is 0 Å². The molecule has 0 amide bonds. The summed E-state index contributed by atoms with van der Waals surface area (Å²) in [6.45, 7) is 0.271. The van der Waals surface area contributed by atoms with Crippen molar-refractivity contribution in [3.05, 3.63) is 71.1 Å². The molecule has 25 heavy (non-hydrogen) atoms. The second kappa shape index (κ2) is 7.09. The monoisotopic (exact) mass is 369 g/mol. The summed E-state index contributed by atoms with van der Waals surface area (Å²) in [5.41, 5.74) is 3.19. The maximum Gasteiger partial charge on any atom is 0.192 e. The molecule has 0 aliphatic heterocycles. The summed E-state index contributed by atoms with van der Waals surface area (Å²) in [6.07, 6.45) is 1.18. The topological polar surface area (TPSA) is 67.2 Å². The third-order valence-electron chi connectivity index (χ3n) is 3.68. The lowest BCUT2D eigenvalue weighted by atomic mass is 10.1. The molecule has 0 atom stereocenters. The Kier molecular flexibility index (Phi) is 4.88. The van der Waals surface area contributed by atoms with E-state index >= 15 is 0 Å². The predicted molar refractivity (Wildman–Crippen MR) is 98.4 cm³/mol. The highest BCUT2D eigenvalue weighted by Crippen LogP contribution is 2.37. The van der Waals surface area contributed by atoms with Crippen molar-refractivity contribution in [3.63, 3.8) is 0 Å². The van der Waals surface area contributed by atoms with Gasteiger partial charge in [-0.25, -0.2) is 8.42 Å². The Balaban J connectivity index is 1.78. The average Bonchev–Trinajstić information content (AvgIpc) is 3.03. The van der Waals surface area contributed by atoms with Gasteiger partial charge in [0.15, 0.2) is 14.9 Å². The van der Waals surface area contributed by atoms with E-state index in [9.17, 15) is 13.7 Å². The molecule has 0 bridgehead atoms. The van der Waals surface area contributed by atoms with Crippen molar-refractivity contribution in [2.75, 3.05) is 6.26 Å². The number of nitriles is 1. The molecule has 0 fully saturated rings. The SMILES string of the molecule is CS(=O)(=O)c1ccc(COc2scc(-c3ccccc3)c2C#N)cc1. The van der Waals surface area contributed by atoms with E-state index in [4.69, 9.17) is 4.74 Å². The summed E-state index contributed by atoms with van der Waals surface area (Å²) in [4.78, 5) is 0.274. The van der Waals surface area contributed by atoms with E-state index in [2.05, 4.69) is 6.07 Å². The molecule has 126 valence electrons. The van der Waals surface area contributed by atoms with Gasteiger partial charge in [0, 0.05) is 17.2 Å². The molecule has 0 saturated carbocycles. The largest absolute Gasteiger partial charge is 0.478 e. The van der Waals surface area contributed by atoms with Crippen LogP contribution in [0.25, 0.3) is 11.1 Å². The molecule has 0 spiro atoms. The van der Waals surface area contributed by atoms with E-state index < -0.39 is 9.84 Å². The third kappa shape index (κ3) is 3.90. The standard InChI is InChI=1S/C19H15NO3S2/c1-25(21,22)16-9-7-14(8-10-16)12-23-19-17(11-20)18(13-24-19)15-5-3-2-4-6-15/h2-10,13H,12H2,1H3. The van der Waals surface area contributed by atoms with Crippen molar-refractivity contribution in [2.45, 2.75) is 11.5 Å². The molecule has 1 heterocycles. The summed E-state index contributed by atoms with van der Waals surface area (Å²) in [6, 6.07) is 18.5. The number of thiophene rings is 1. The van der Waals surface area contributed by atoms with Gasteiger partial charge in [0.05, 0.1) is 4.90 Å². The highest BCUT2D eigenvalue weighted by atomic mass is 32.2. The second-order valence-electron chi connectivity index (χ2n) is 5.49. The lowest BCUT2D eigenvalue weighted by Gasteiger charge is -2.06. The van der Waals surface area contributed by atoms with Crippen molar-refractivity contribution in [1.29, 1.82) is 5.26 Å². The van der Waals surface area contributed by atoms with Gasteiger partial charge in [-0.3, -0.25) is 0 Å². The van der Waals surface area contributed by atoms with Gasteiger partial charge in [0.1, 0.15) is 18.2 Å². The molecule has 1 aromatic heterocycles. The third-order valence-corrected chi connectivity index (χ3v) is 5.69. The van der Waals surface area contributed by atoms with Crippen LogP contribution >= 0.6 is 11.3 Å². The van der Waals surface area contributed by atoms with Crippen LogP contribution in [0.2, 0.25) is 0 Å². The maximum absolute atomic E-state index is 11.5. The summed E-state index contributed by atoms with van der Waals surface area (Å²) in [5, 5.41) is 12.0. The molecular weight excluding hydrogens is 354 g/mol. The number of hydrogen-bond donors (Lipinski definition) is 0. The Labute approximate surface area is 150 Å². The van der Waals surface area contributed by atoms with Crippen LogP contribution in [0, 0.1) is 11.3 Å². The van der Waals surface area contributed by atoms with Crippen LogP contribution < -0.4 is 4.74 Å². The number of nitrogens with zero attached hydrogens (tertiary/aromatic N) is 1. The van der Waals surface area contributed by atoms with Gasteiger partial charge < -0.3 is 4.74 Å². The summed E-state index contributed by atoms with van der Waals surface area (Å²) in [7, 11) is -3.21. The van der Waals surface area contributed by atoms with E-state index in [0.717, 1.165) is 16.7 Å². The zero-order valence-electron chi connectivity index (χ0n) is 13.5.